The number of rotatable bonds is 4. The second-order valence-electron chi connectivity index (χ2n) is 5.86. The molecule has 0 spiro atoms. The molecule has 1 aromatic heterocycles. The molecule has 2 aromatic rings. The monoisotopic (exact) mass is 352 g/mol. The van der Waals surface area contributed by atoms with Crippen molar-refractivity contribution in [1.82, 2.24) is 10.3 Å². The third-order valence-electron chi connectivity index (χ3n) is 4.05. The summed E-state index contributed by atoms with van der Waals surface area (Å²) in [5.74, 6) is 0.264. The van der Waals surface area contributed by atoms with Gasteiger partial charge in [-0.15, -0.1) is 0 Å². The average Bonchev–Trinajstić information content (AvgIpc) is 2.99. The Morgan fingerprint density at radius 2 is 2.04 bits per heavy atom. The Balaban J connectivity index is 1.79. The number of carbonyl (C=O) groups excluding carboxylic acids is 1. The Bertz CT molecular complexity index is 743. The van der Waals surface area contributed by atoms with Crippen LogP contribution in [0.5, 0.6) is 5.75 Å². The number of nitrogens with one attached hydrogen (secondary N) is 1. The van der Waals surface area contributed by atoms with Gasteiger partial charge in [-0.05, 0) is 38.0 Å². The first-order valence-corrected chi connectivity index (χ1v) is 8.47. The number of hydrogen-bond donors (Lipinski definition) is 1. The van der Waals surface area contributed by atoms with E-state index < -0.39 is 0 Å². The van der Waals surface area contributed by atoms with Crippen molar-refractivity contribution < 1.29 is 9.53 Å². The molecule has 1 aromatic carbocycles. The predicted molar refractivity (Wildman–Crippen MR) is 92.4 cm³/mol. The molecule has 1 aliphatic rings. The van der Waals surface area contributed by atoms with Crippen LogP contribution in [0.3, 0.4) is 0 Å². The van der Waals surface area contributed by atoms with Crippen molar-refractivity contribution in [3.63, 3.8) is 0 Å². The molecule has 3 rings (SSSR count). The van der Waals surface area contributed by atoms with Crippen molar-refractivity contribution in [2.75, 3.05) is 6.61 Å². The van der Waals surface area contributed by atoms with Crippen molar-refractivity contribution in [3.8, 4) is 5.75 Å². The first kappa shape index (κ1) is 16.3. The fourth-order valence-electron chi connectivity index (χ4n) is 2.90. The normalized spacial score (nSPS) is 15.1. The molecule has 0 bridgehead atoms. The van der Waals surface area contributed by atoms with E-state index in [1.54, 1.807) is 6.07 Å². The molecule has 0 radical (unpaired) electrons. The molecule has 6 heteroatoms. The second kappa shape index (κ2) is 6.93. The van der Waals surface area contributed by atoms with Gasteiger partial charge >= 0.3 is 0 Å². The third-order valence-corrected chi connectivity index (χ3v) is 4.64. The highest BCUT2D eigenvalue weighted by molar-refractivity contribution is 6.39. The minimum atomic E-state index is -0.135. The molecule has 1 aliphatic carbocycles. The lowest BCUT2D eigenvalue weighted by molar-refractivity contribution is -0.123. The average molecular weight is 353 g/mol. The van der Waals surface area contributed by atoms with Gasteiger partial charge in [0.05, 0.1) is 10.0 Å². The van der Waals surface area contributed by atoms with E-state index in [-0.39, 0.29) is 18.6 Å². The van der Waals surface area contributed by atoms with Crippen LogP contribution in [0.4, 0.5) is 0 Å². The fraction of sp³-hybridized carbons (Fsp3) is 0.412. The number of hydrogen-bond acceptors (Lipinski definition) is 3. The summed E-state index contributed by atoms with van der Waals surface area (Å²) in [5.41, 5.74) is 1.41. The van der Waals surface area contributed by atoms with Crippen LogP contribution in [0.15, 0.2) is 18.2 Å². The number of pyridine rings is 1. The van der Waals surface area contributed by atoms with Crippen LogP contribution < -0.4 is 10.1 Å². The SMILES string of the molecule is Cc1ccc2c(Cl)cc(Cl)c(OCC(=O)NC3CCCC3)c2n1. The van der Waals surface area contributed by atoms with Crippen LogP contribution in [0.25, 0.3) is 10.9 Å². The molecular formula is C17H18Cl2N2O2. The molecule has 0 atom stereocenters. The van der Waals surface area contributed by atoms with Gasteiger partial charge in [-0.1, -0.05) is 36.0 Å². The van der Waals surface area contributed by atoms with Crippen LogP contribution in [0.2, 0.25) is 10.0 Å². The van der Waals surface area contributed by atoms with E-state index in [4.69, 9.17) is 27.9 Å². The van der Waals surface area contributed by atoms with E-state index in [0.717, 1.165) is 23.9 Å². The van der Waals surface area contributed by atoms with E-state index in [2.05, 4.69) is 10.3 Å². The summed E-state index contributed by atoms with van der Waals surface area (Å²) in [6, 6.07) is 5.64. The van der Waals surface area contributed by atoms with Gasteiger partial charge in [0, 0.05) is 17.1 Å². The van der Waals surface area contributed by atoms with Gasteiger partial charge in [-0.2, -0.15) is 0 Å². The van der Waals surface area contributed by atoms with E-state index in [1.165, 1.54) is 12.8 Å². The molecule has 1 N–H and O–H groups in total. The summed E-state index contributed by atoms with van der Waals surface area (Å²) in [6.45, 7) is 1.80. The molecule has 4 nitrogen and oxygen atoms in total. The third kappa shape index (κ3) is 3.70. The molecule has 1 fully saturated rings. The van der Waals surface area contributed by atoms with Crippen LogP contribution >= 0.6 is 23.2 Å². The Hall–Kier alpha value is -1.52. The summed E-state index contributed by atoms with van der Waals surface area (Å²) in [7, 11) is 0. The van der Waals surface area contributed by atoms with Gasteiger partial charge in [0.15, 0.2) is 12.4 Å². The minimum absolute atomic E-state index is 0.0808. The Morgan fingerprint density at radius 3 is 2.78 bits per heavy atom. The number of halogens is 2. The van der Waals surface area contributed by atoms with Gasteiger partial charge in [0.1, 0.15) is 5.52 Å². The summed E-state index contributed by atoms with van der Waals surface area (Å²) in [4.78, 5) is 16.5. The zero-order chi connectivity index (χ0) is 16.4. The Labute approximate surface area is 145 Å². The zero-order valence-corrected chi connectivity index (χ0v) is 14.4. The maximum Gasteiger partial charge on any atom is 0.258 e. The highest BCUT2D eigenvalue weighted by Gasteiger charge is 2.19. The number of amides is 1. The first-order chi connectivity index (χ1) is 11.0. The lowest BCUT2D eigenvalue weighted by Gasteiger charge is -2.14. The molecule has 1 heterocycles. The largest absolute Gasteiger partial charge is 0.480 e. The quantitative estimate of drug-likeness (QED) is 0.892. The van der Waals surface area contributed by atoms with Gasteiger partial charge in [-0.3, -0.25) is 4.79 Å². The molecule has 23 heavy (non-hydrogen) atoms. The minimum Gasteiger partial charge on any atom is -0.480 e. The van der Waals surface area contributed by atoms with Crippen LogP contribution in [0, 0.1) is 6.92 Å². The van der Waals surface area contributed by atoms with Crippen molar-refractivity contribution in [3.05, 3.63) is 33.9 Å². The number of aryl methyl sites for hydroxylation is 1. The van der Waals surface area contributed by atoms with E-state index in [1.807, 2.05) is 19.1 Å². The highest BCUT2D eigenvalue weighted by Crippen LogP contribution is 2.37. The number of fused-ring (bicyclic) bond motifs is 1. The number of ether oxygens (including phenoxy) is 1. The zero-order valence-electron chi connectivity index (χ0n) is 12.9. The molecular weight excluding hydrogens is 335 g/mol. The smallest absolute Gasteiger partial charge is 0.258 e. The van der Waals surface area contributed by atoms with Crippen LogP contribution in [0.1, 0.15) is 31.4 Å². The van der Waals surface area contributed by atoms with Gasteiger partial charge < -0.3 is 10.1 Å². The van der Waals surface area contributed by atoms with Gasteiger partial charge in [-0.25, -0.2) is 4.98 Å². The molecule has 122 valence electrons. The number of aromatic nitrogens is 1. The van der Waals surface area contributed by atoms with Crippen LogP contribution in [-0.2, 0) is 4.79 Å². The van der Waals surface area contributed by atoms with E-state index in [0.29, 0.717) is 21.3 Å². The highest BCUT2D eigenvalue weighted by atomic mass is 35.5. The van der Waals surface area contributed by atoms with Crippen LogP contribution in [-0.4, -0.2) is 23.5 Å². The summed E-state index contributed by atoms with van der Waals surface area (Å²) in [6.07, 6.45) is 4.42. The molecule has 0 aliphatic heterocycles. The second-order valence-corrected chi connectivity index (χ2v) is 6.67. The first-order valence-electron chi connectivity index (χ1n) is 7.72. The number of benzene rings is 1. The maximum absolute atomic E-state index is 12.0. The maximum atomic E-state index is 12.0. The summed E-state index contributed by atoms with van der Waals surface area (Å²) >= 11 is 12.4. The van der Waals surface area contributed by atoms with Crippen molar-refractivity contribution in [2.45, 2.75) is 38.6 Å². The van der Waals surface area contributed by atoms with Gasteiger partial charge in [0.25, 0.3) is 5.91 Å². The number of carbonyl (C=O) groups is 1. The topological polar surface area (TPSA) is 51.2 Å². The lowest BCUT2D eigenvalue weighted by Crippen LogP contribution is -2.36. The van der Waals surface area contributed by atoms with Crippen molar-refractivity contribution in [1.29, 1.82) is 0 Å². The molecule has 0 unspecified atom stereocenters. The molecule has 1 saturated carbocycles. The standard InChI is InChI=1S/C17H18Cl2N2O2/c1-10-6-7-12-13(18)8-14(19)17(16(12)20-10)23-9-15(22)21-11-4-2-3-5-11/h6-8,11H,2-5,9H2,1H3,(H,21,22). The molecule has 1 amide bonds. The fourth-order valence-corrected chi connectivity index (χ4v) is 3.48. The van der Waals surface area contributed by atoms with Crippen molar-refractivity contribution >= 4 is 40.0 Å². The van der Waals surface area contributed by atoms with Gasteiger partial charge in [0.2, 0.25) is 0 Å². The lowest BCUT2D eigenvalue weighted by atomic mass is 10.2. The predicted octanol–water partition coefficient (Wildman–Crippen LogP) is 4.29. The Morgan fingerprint density at radius 1 is 1.30 bits per heavy atom. The molecule has 0 saturated heterocycles. The Kier molecular flexibility index (Phi) is 4.93. The summed E-state index contributed by atoms with van der Waals surface area (Å²) < 4.78 is 5.67. The number of nitrogens with zero attached hydrogens (tertiary/aromatic N) is 1. The summed E-state index contributed by atoms with van der Waals surface area (Å²) in [5, 5.41) is 4.61. The van der Waals surface area contributed by atoms with E-state index >= 15 is 0 Å². The van der Waals surface area contributed by atoms with E-state index in [9.17, 15) is 4.79 Å². The van der Waals surface area contributed by atoms with Crippen molar-refractivity contribution in [2.24, 2.45) is 0 Å².